The van der Waals surface area contributed by atoms with Crippen LogP contribution < -0.4 is 14.8 Å². The first-order valence-electron chi connectivity index (χ1n) is 9.05. The van der Waals surface area contributed by atoms with Gasteiger partial charge in [0.05, 0.1) is 17.2 Å². The summed E-state index contributed by atoms with van der Waals surface area (Å²) in [7, 11) is -3.89. The number of hydrogen-bond donors (Lipinski definition) is 2. The van der Waals surface area contributed by atoms with E-state index in [4.69, 9.17) is 9.47 Å². The molecule has 0 aliphatic heterocycles. The van der Waals surface area contributed by atoms with Crippen molar-refractivity contribution in [3.63, 3.8) is 0 Å². The molecular formula is C20H24N2O6S. The maximum Gasteiger partial charge on any atom is 0.324 e. The normalized spacial score (nSPS) is 13.2. The minimum absolute atomic E-state index is 0.0259. The second-order valence-electron chi connectivity index (χ2n) is 6.15. The molecule has 0 spiro atoms. The Morgan fingerprint density at radius 3 is 2.28 bits per heavy atom. The molecule has 9 heteroatoms. The van der Waals surface area contributed by atoms with Crippen LogP contribution >= 0.6 is 0 Å². The van der Waals surface area contributed by atoms with E-state index in [1.54, 1.807) is 42.5 Å². The van der Waals surface area contributed by atoms with Gasteiger partial charge in [0, 0.05) is 0 Å². The Morgan fingerprint density at radius 1 is 1.00 bits per heavy atom. The Morgan fingerprint density at radius 2 is 1.62 bits per heavy atom. The highest BCUT2D eigenvalue weighted by Gasteiger charge is 2.26. The first-order chi connectivity index (χ1) is 13.7. The van der Waals surface area contributed by atoms with Gasteiger partial charge in [-0.1, -0.05) is 30.3 Å². The highest BCUT2D eigenvalue weighted by Crippen LogP contribution is 2.24. The number of benzene rings is 2. The number of nitrogens with one attached hydrogen (secondary N) is 2. The largest absolute Gasteiger partial charge is 0.492 e. The maximum atomic E-state index is 12.4. The molecule has 29 heavy (non-hydrogen) atoms. The summed E-state index contributed by atoms with van der Waals surface area (Å²) in [5, 5.41) is 2.63. The zero-order valence-corrected chi connectivity index (χ0v) is 17.2. The molecule has 1 unspecified atom stereocenters. The lowest BCUT2D eigenvalue weighted by atomic mass is 10.2. The van der Waals surface area contributed by atoms with E-state index < -0.39 is 34.0 Å². The lowest BCUT2D eigenvalue weighted by Gasteiger charge is -2.18. The van der Waals surface area contributed by atoms with Gasteiger partial charge in [0.25, 0.3) is 5.91 Å². The van der Waals surface area contributed by atoms with E-state index in [0.717, 1.165) is 0 Å². The van der Waals surface area contributed by atoms with Crippen LogP contribution in [0.15, 0.2) is 59.5 Å². The van der Waals surface area contributed by atoms with Crippen molar-refractivity contribution in [1.29, 1.82) is 0 Å². The van der Waals surface area contributed by atoms with Crippen LogP contribution in [0.4, 0.5) is 5.69 Å². The fourth-order valence-corrected chi connectivity index (χ4v) is 3.58. The van der Waals surface area contributed by atoms with E-state index in [2.05, 4.69) is 10.0 Å². The average Bonchev–Trinajstić information content (AvgIpc) is 2.69. The van der Waals surface area contributed by atoms with E-state index in [1.165, 1.54) is 26.0 Å². The van der Waals surface area contributed by atoms with Crippen LogP contribution in [0.2, 0.25) is 0 Å². The first kappa shape index (κ1) is 22.4. The number of hydrogen-bond acceptors (Lipinski definition) is 6. The van der Waals surface area contributed by atoms with Gasteiger partial charge in [-0.05, 0) is 45.0 Å². The molecule has 0 aliphatic rings. The van der Waals surface area contributed by atoms with Gasteiger partial charge in [-0.3, -0.25) is 9.59 Å². The second-order valence-corrected chi connectivity index (χ2v) is 7.87. The Bertz CT molecular complexity index is 946. The zero-order valence-electron chi connectivity index (χ0n) is 16.4. The number of rotatable bonds is 9. The van der Waals surface area contributed by atoms with Gasteiger partial charge in [0.1, 0.15) is 11.8 Å². The molecular weight excluding hydrogens is 396 g/mol. The van der Waals surface area contributed by atoms with Gasteiger partial charge in [0.15, 0.2) is 6.10 Å². The van der Waals surface area contributed by atoms with Crippen LogP contribution in [0.5, 0.6) is 5.75 Å². The highest BCUT2D eigenvalue weighted by atomic mass is 32.2. The number of sulfonamides is 1. The molecule has 1 amide bonds. The number of carbonyl (C=O) groups is 2. The van der Waals surface area contributed by atoms with Crippen LogP contribution in [-0.2, 0) is 24.3 Å². The molecule has 2 aromatic rings. The number of amides is 1. The molecule has 156 valence electrons. The van der Waals surface area contributed by atoms with Gasteiger partial charge < -0.3 is 14.8 Å². The SMILES string of the molecule is CCOc1ccccc1NC(=O)C(C)OC(=O)[C@H](C)NS(=O)(=O)c1ccccc1. The van der Waals surface area contributed by atoms with Crippen LogP contribution in [0.3, 0.4) is 0 Å². The Labute approximate surface area is 170 Å². The minimum Gasteiger partial charge on any atom is -0.492 e. The molecule has 2 rings (SSSR count). The maximum absolute atomic E-state index is 12.4. The van der Waals surface area contributed by atoms with Gasteiger partial charge >= 0.3 is 5.97 Å². The standard InChI is InChI=1S/C20H24N2O6S/c1-4-27-18-13-9-8-12-17(18)21-19(23)15(3)28-20(24)14(2)22-29(25,26)16-10-6-5-7-11-16/h5-15,22H,4H2,1-3H3,(H,21,23)/t14-,15?/m0/s1. The summed E-state index contributed by atoms with van der Waals surface area (Å²) in [6, 6.07) is 13.3. The van der Waals surface area contributed by atoms with Crippen molar-refractivity contribution >= 4 is 27.6 Å². The molecule has 0 saturated carbocycles. The molecule has 2 atom stereocenters. The third-order valence-electron chi connectivity index (χ3n) is 3.85. The second kappa shape index (κ2) is 10.0. The summed E-state index contributed by atoms with van der Waals surface area (Å²) >= 11 is 0. The van der Waals surface area contributed by atoms with Gasteiger partial charge in [-0.2, -0.15) is 4.72 Å². The van der Waals surface area contributed by atoms with E-state index in [0.29, 0.717) is 18.0 Å². The van der Waals surface area contributed by atoms with Crippen LogP contribution in [0.1, 0.15) is 20.8 Å². The van der Waals surface area contributed by atoms with Crippen molar-refractivity contribution in [2.45, 2.75) is 37.8 Å². The molecule has 0 saturated heterocycles. The van der Waals surface area contributed by atoms with E-state index in [1.807, 2.05) is 6.92 Å². The van der Waals surface area contributed by atoms with Crippen molar-refractivity contribution in [3.8, 4) is 5.75 Å². The summed E-state index contributed by atoms with van der Waals surface area (Å²) in [5.41, 5.74) is 0.445. The topological polar surface area (TPSA) is 111 Å². The quantitative estimate of drug-likeness (QED) is 0.603. The monoisotopic (exact) mass is 420 g/mol. The molecule has 8 nitrogen and oxygen atoms in total. The van der Waals surface area contributed by atoms with Gasteiger partial charge in [0.2, 0.25) is 10.0 Å². The van der Waals surface area contributed by atoms with Crippen molar-refractivity contribution < 1.29 is 27.5 Å². The number of ether oxygens (including phenoxy) is 2. The van der Waals surface area contributed by atoms with Gasteiger partial charge in [-0.15, -0.1) is 0 Å². The Balaban J connectivity index is 1.96. The number of esters is 1. The molecule has 0 radical (unpaired) electrons. The van der Waals surface area contributed by atoms with E-state index in [9.17, 15) is 18.0 Å². The average molecular weight is 420 g/mol. The van der Waals surface area contributed by atoms with Crippen molar-refractivity contribution in [2.75, 3.05) is 11.9 Å². The fourth-order valence-electron chi connectivity index (χ4n) is 2.36. The van der Waals surface area contributed by atoms with Crippen LogP contribution in [-0.4, -0.2) is 39.0 Å². The molecule has 0 bridgehead atoms. The van der Waals surface area contributed by atoms with E-state index in [-0.39, 0.29) is 4.90 Å². The lowest BCUT2D eigenvalue weighted by molar-refractivity contribution is -0.154. The third-order valence-corrected chi connectivity index (χ3v) is 5.40. The predicted molar refractivity (Wildman–Crippen MR) is 108 cm³/mol. The molecule has 2 N–H and O–H groups in total. The Kier molecular flexibility index (Phi) is 7.74. The summed E-state index contributed by atoms with van der Waals surface area (Å²) in [4.78, 5) is 24.6. The first-order valence-corrected chi connectivity index (χ1v) is 10.5. The Hall–Kier alpha value is -2.91. The molecule has 2 aromatic carbocycles. The summed E-state index contributed by atoms with van der Waals surface area (Å²) in [5.74, 6) is -0.945. The number of anilines is 1. The highest BCUT2D eigenvalue weighted by molar-refractivity contribution is 7.89. The van der Waals surface area contributed by atoms with Crippen molar-refractivity contribution in [1.82, 2.24) is 4.72 Å². The summed E-state index contributed by atoms with van der Waals surface area (Å²) in [6.07, 6.45) is -1.14. The number of carbonyl (C=O) groups excluding carboxylic acids is 2. The number of para-hydroxylation sites is 2. The molecule has 0 heterocycles. The summed E-state index contributed by atoms with van der Waals surface area (Å²) in [6.45, 7) is 4.99. The van der Waals surface area contributed by atoms with E-state index >= 15 is 0 Å². The third kappa shape index (κ3) is 6.30. The van der Waals surface area contributed by atoms with Crippen molar-refractivity contribution in [3.05, 3.63) is 54.6 Å². The molecule has 0 aromatic heterocycles. The summed E-state index contributed by atoms with van der Waals surface area (Å²) < 4.78 is 37.4. The fraction of sp³-hybridized carbons (Fsp3) is 0.300. The minimum atomic E-state index is -3.89. The smallest absolute Gasteiger partial charge is 0.324 e. The molecule has 0 fully saturated rings. The molecule has 0 aliphatic carbocycles. The van der Waals surface area contributed by atoms with Gasteiger partial charge in [-0.25, -0.2) is 8.42 Å². The van der Waals surface area contributed by atoms with Crippen LogP contribution in [0.25, 0.3) is 0 Å². The van der Waals surface area contributed by atoms with Crippen molar-refractivity contribution in [2.24, 2.45) is 0 Å². The van der Waals surface area contributed by atoms with Crippen LogP contribution in [0, 0.1) is 0 Å². The zero-order chi connectivity index (χ0) is 21.4. The predicted octanol–water partition coefficient (Wildman–Crippen LogP) is 2.32. The lowest BCUT2D eigenvalue weighted by Crippen LogP contribution is -2.42.